The molecule has 0 aliphatic heterocycles. The summed E-state index contributed by atoms with van der Waals surface area (Å²) >= 11 is 12.3. The van der Waals surface area contributed by atoms with Crippen LogP contribution >= 0.6 is 23.2 Å². The maximum Gasteiger partial charge on any atom is 0.254 e. The van der Waals surface area contributed by atoms with Crippen LogP contribution in [0.4, 0.5) is 5.82 Å². The van der Waals surface area contributed by atoms with Crippen molar-refractivity contribution in [2.75, 3.05) is 18.4 Å². The predicted octanol–water partition coefficient (Wildman–Crippen LogP) is 5.97. The number of hydrogen-bond acceptors (Lipinski definition) is 3. The monoisotopic (exact) mass is 486 g/mol. The molecule has 2 aromatic carbocycles. The van der Waals surface area contributed by atoms with Gasteiger partial charge >= 0.3 is 0 Å². The molecule has 0 fully saturated rings. The van der Waals surface area contributed by atoms with Crippen molar-refractivity contribution in [2.45, 2.75) is 39.5 Å². The Bertz CT molecular complexity index is 1130. The summed E-state index contributed by atoms with van der Waals surface area (Å²) in [7, 11) is 0. The van der Waals surface area contributed by atoms with Gasteiger partial charge in [0.25, 0.3) is 5.91 Å². The number of nitrogens with one attached hydrogen (secondary N) is 1. The minimum Gasteiger partial charge on any atom is -0.329 e. The van der Waals surface area contributed by atoms with E-state index in [-0.39, 0.29) is 23.8 Å². The number of anilines is 1. The first-order chi connectivity index (χ1) is 15.6. The van der Waals surface area contributed by atoms with Gasteiger partial charge in [-0.25, -0.2) is 4.68 Å². The maximum atomic E-state index is 13.0. The van der Waals surface area contributed by atoms with E-state index in [1.54, 1.807) is 35.0 Å². The lowest BCUT2D eigenvalue weighted by atomic mass is 9.92. The largest absolute Gasteiger partial charge is 0.329 e. The van der Waals surface area contributed by atoms with Crippen LogP contribution in [0.15, 0.2) is 54.6 Å². The van der Waals surface area contributed by atoms with Gasteiger partial charge in [-0.2, -0.15) is 5.10 Å². The number of para-hydroxylation sites is 1. The van der Waals surface area contributed by atoms with Crippen LogP contribution in [-0.2, 0) is 10.2 Å². The normalized spacial score (nSPS) is 11.3. The number of nitrogens with zero attached hydrogens (tertiary/aromatic N) is 3. The van der Waals surface area contributed by atoms with Gasteiger partial charge < -0.3 is 10.2 Å². The van der Waals surface area contributed by atoms with Crippen molar-refractivity contribution in [3.05, 3.63) is 75.9 Å². The molecule has 0 saturated heterocycles. The molecular formula is C25H28Cl2N4O2. The molecule has 0 spiro atoms. The summed E-state index contributed by atoms with van der Waals surface area (Å²) in [6, 6.07) is 15.8. The van der Waals surface area contributed by atoms with Crippen molar-refractivity contribution in [3.63, 3.8) is 0 Å². The van der Waals surface area contributed by atoms with E-state index in [1.165, 1.54) is 4.90 Å². The number of benzene rings is 2. The van der Waals surface area contributed by atoms with Crippen LogP contribution in [0.25, 0.3) is 5.69 Å². The second-order valence-corrected chi connectivity index (χ2v) is 9.65. The molecule has 0 aliphatic rings. The lowest BCUT2D eigenvalue weighted by Gasteiger charge is -2.22. The molecule has 0 saturated carbocycles. The Balaban J connectivity index is 1.86. The van der Waals surface area contributed by atoms with Crippen molar-refractivity contribution in [1.82, 2.24) is 14.7 Å². The molecule has 2 amide bonds. The molecule has 3 rings (SSSR count). The highest BCUT2D eigenvalue weighted by atomic mass is 35.5. The molecule has 174 valence electrons. The Morgan fingerprint density at radius 2 is 1.73 bits per heavy atom. The Morgan fingerprint density at radius 3 is 2.33 bits per heavy atom. The van der Waals surface area contributed by atoms with Crippen molar-refractivity contribution < 1.29 is 9.59 Å². The molecule has 0 atom stereocenters. The van der Waals surface area contributed by atoms with Crippen LogP contribution < -0.4 is 5.32 Å². The molecule has 0 radical (unpaired) electrons. The summed E-state index contributed by atoms with van der Waals surface area (Å²) in [4.78, 5) is 27.5. The number of carbonyl (C=O) groups is 2. The lowest BCUT2D eigenvalue weighted by molar-refractivity contribution is -0.116. The Hall–Kier alpha value is -2.83. The first kappa shape index (κ1) is 24.8. The van der Waals surface area contributed by atoms with E-state index in [0.29, 0.717) is 33.7 Å². The number of carbonyl (C=O) groups excluding carboxylic acids is 2. The summed E-state index contributed by atoms with van der Waals surface area (Å²) in [6.07, 6.45) is 0.721. The smallest absolute Gasteiger partial charge is 0.254 e. The molecule has 33 heavy (non-hydrogen) atoms. The van der Waals surface area contributed by atoms with E-state index in [4.69, 9.17) is 28.3 Å². The molecule has 0 bridgehead atoms. The maximum absolute atomic E-state index is 13.0. The molecule has 0 aliphatic carbocycles. The number of aromatic nitrogens is 2. The standard InChI is InChI=1S/C25H28Cl2N4O2/c1-5-14-30(24(33)17-10-12-18(26)13-11-17)16-23(32)28-22-15-21(25(2,3)4)29-31(22)20-9-7-6-8-19(20)27/h6-13,15H,5,14,16H2,1-4H3,(H,28,32). The van der Waals surface area contributed by atoms with E-state index >= 15 is 0 Å². The summed E-state index contributed by atoms with van der Waals surface area (Å²) in [5.74, 6) is -0.0495. The molecule has 1 N–H and O–H groups in total. The average Bonchev–Trinajstić information content (AvgIpc) is 3.18. The van der Waals surface area contributed by atoms with Gasteiger partial charge in [-0.3, -0.25) is 9.59 Å². The van der Waals surface area contributed by atoms with Gasteiger partial charge in [0.2, 0.25) is 5.91 Å². The Kier molecular flexibility index (Phi) is 7.82. The number of rotatable bonds is 7. The molecule has 1 aromatic heterocycles. The zero-order valence-electron chi connectivity index (χ0n) is 19.2. The van der Waals surface area contributed by atoms with Gasteiger partial charge in [0.1, 0.15) is 12.4 Å². The molecule has 8 heteroatoms. The zero-order valence-corrected chi connectivity index (χ0v) is 20.7. The third kappa shape index (κ3) is 6.15. The van der Waals surface area contributed by atoms with Crippen LogP contribution in [-0.4, -0.2) is 39.6 Å². The van der Waals surface area contributed by atoms with E-state index < -0.39 is 0 Å². The molecule has 3 aromatic rings. The minimum atomic E-state index is -0.320. The lowest BCUT2D eigenvalue weighted by Crippen LogP contribution is -2.38. The van der Waals surface area contributed by atoms with Crippen molar-refractivity contribution in [2.24, 2.45) is 0 Å². The number of hydrogen-bond donors (Lipinski definition) is 1. The van der Waals surface area contributed by atoms with Gasteiger partial charge in [0, 0.05) is 28.6 Å². The molecule has 1 heterocycles. The predicted molar refractivity (Wildman–Crippen MR) is 134 cm³/mol. The highest BCUT2D eigenvalue weighted by molar-refractivity contribution is 6.32. The topological polar surface area (TPSA) is 67.2 Å². The van der Waals surface area contributed by atoms with Crippen LogP contribution in [0.5, 0.6) is 0 Å². The second-order valence-electron chi connectivity index (χ2n) is 8.81. The van der Waals surface area contributed by atoms with Crippen LogP contribution in [0, 0.1) is 0 Å². The third-order valence-electron chi connectivity index (χ3n) is 5.03. The van der Waals surface area contributed by atoms with Gasteiger partial charge in [0.15, 0.2) is 0 Å². The number of halogens is 2. The molecule has 6 nitrogen and oxygen atoms in total. The van der Waals surface area contributed by atoms with Crippen LogP contribution in [0.2, 0.25) is 10.0 Å². The fraction of sp³-hybridized carbons (Fsp3) is 0.320. The highest BCUT2D eigenvalue weighted by Crippen LogP contribution is 2.29. The van der Waals surface area contributed by atoms with Gasteiger partial charge in [-0.1, -0.05) is 63.0 Å². The molecule has 0 unspecified atom stereocenters. The summed E-state index contributed by atoms with van der Waals surface area (Å²) in [6.45, 7) is 8.46. The van der Waals surface area contributed by atoms with Gasteiger partial charge in [0.05, 0.1) is 16.4 Å². The van der Waals surface area contributed by atoms with Crippen LogP contribution in [0.3, 0.4) is 0 Å². The summed E-state index contributed by atoms with van der Waals surface area (Å²) in [5, 5.41) is 8.68. The fourth-order valence-electron chi connectivity index (χ4n) is 3.30. The Labute approximate surface area is 204 Å². The minimum absolute atomic E-state index is 0.0894. The van der Waals surface area contributed by atoms with E-state index in [2.05, 4.69) is 5.32 Å². The first-order valence-corrected chi connectivity index (χ1v) is 11.6. The van der Waals surface area contributed by atoms with Gasteiger partial charge in [-0.15, -0.1) is 0 Å². The Morgan fingerprint density at radius 1 is 1.06 bits per heavy atom. The zero-order chi connectivity index (χ0) is 24.2. The fourth-order valence-corrected chi connectivity index (χ4v) is 3.64. The van der Waals surface area contributed by atoms with E-state index in [1.807, 2.05) is 52.0 Å². The summed E-state index contributed by atoms with van der Waals surface area (Å²) < 4.78 is 1.63. The molecular weight excluding hydrogens is 459 g/mol. The van der Waals surface area contributed by atoms with Crippen molar-refractivity contribution in [3.8, 4) is 5.69 Å². The van der Waals surface area contributed by atoms with Crippen LogP contribution in [0.1, 0.15) is 50.2 Å². The quantitative estimate of drug-likeness (QED) is 0.447. The SMILES string of the molecule is CCCN(CC(=O)Nc1cc(C(C)(C)C)nn1-c1ccccc1Cl)C(=O)c1ccc(Cl)cc1. The second kappa shape index (κ2) is 10.4. The average molecular weight is 487 g/mol. The number of amides is 2. The van der Waals surface area contributed by atoms with E-state index in [0.717, 1.165) is 12.1 Å². The first-order valence-electron chi connectivity index (χ1n) is 10.8. The third-order valence-corrected chi connectivity index (χ3v) is 5.60. The van der Waals surface area contributed by atoms with E-state index in [9.17, 15) is 9.59 Å². The summed E-state index contributed by atoms with van der Waals surface area (Å²) in [5.41, 5.74) is 1.72. The van der Waals surface area contributed by atoms with Crippen molar-refractivity contribution >= 4 is 40.8 Å². The van der Waals surface area contributed by atoms with Gasteiger partial charge in [-0.05, 0) is 42.8 Å². The van der Waals surface area contributed by atoms with Crippen molar-refractivity contribution in [1.29, 1.82) is 0 Å². The highest BCUT2D eigenvalue weighted by Gasteiger charge is 2.24.